The Kier molecular flexibility index (Phi) is 2.56. The largest absolute Gasteiger partial charge is 0.306 e. The highest BCUT2D eigenvalue weighted by Gasteiger charge is 2.21. The lowest BCUT2D eigenvalue weighted by molar-refractivity contribution is -0.115. The van der Waals surface area contributed by atoms with Crippen molar-refractivity contribution in [1.82, 2.24) is 10.3 Å². The molecule has 1 fully saturated rings. The Balaban J connectivity index is 1.71. The first-order chi connectivity index (χ1) is 6.34. The van der Waals surface area contributed by atoms with Gasteiger partial charge >= 0.3 is 0 Å². The number of aromatic nitrogens is 1. The fraction of sp³-hybridized carbons (Fsp3) is 0.500. The second-order valence-corrected chi connectivity index (χ2v) is 3.94. The molecule has 1 heterocycles. The van der Waals surface area contributed by atoms with Gasteiger partial charge in [-0.3, -0.25) is 4.79 Å². The summed E-state index contributed by atoms with van der Waals surface area (Å²) in [4.78, 5) is 15.2. The van der Waals surface area contributed by atoms with Crippen LogP contribution in [0.15, 0.2) is 11.6 Å². The van der Waals surface area contributed by atoms with E-state index in [-0.39, 0.29) is 5.91 Å². The zero-order valence-electron chi connectivity index (χ0n) is 7.12. The quantitative estimate of drug-likeness (QED) is 0.752. The van der Waals surface area contributed by atoms with Crippen molar-refractivity contribution >= 4 is 22.4 Å². The van der Waals surface area contributed by atoms with E-state index in [0.29, 0.717) is 17.7 Å². The fourth-order valence-corrected chi connectivity index (χ4v) is 1.52. The number of carbonyl (C=O) groups is 1. The molecular weight excluding hydrogens is 186 g/mol. The predicted molar refractivity (Wildman–Crippen MR) is 51.8 cm³/mol. The summed E-state index contributed by atoms with van der Waals surface area (Å²) in [5, 5.41) is 8.35. The molecule has 4 nitrogen and oxygen atoms in total. The van der Waals surface area contributed by atoms with Gasteiger partial charge in [-0.15, -0.1) is 11.3 Å². The average Bonchev–Trinajstić information content (AvgIpc) is 2.82. The zero-order chi connectivity index (χ0) is 9.10. The minimum atomic E-state index is -0.0122. The Bertz CT molecular complexity index is 282. The zero-order valence-corrected chi connectivity index (χ0v) is 7.93. The SMILES string of the molecule is O=C(CNC1CC1)Nc1nccs1. The molecule has 0 saturated heterocycles. The first kappa shape index (κ1) is 8.65. The lowest BCUT2D eigenvalue weighted by Crippen LogP contribution is -2.29. The minimum absolute atomic E-state index is 0.0122. The number of nitrogens with zero attached hydrogens (tertiary/aromatic N) is 1. The summed E-state index contributed by atoms with van der Waals surface area (Å²) < 4.78 is 0. The summed E-state index contributed by atoms with van der Waals surface area (Å²) >= 11 is 1.43. The Labute approximate surface area is 80.4 Å². The summed E-state index contributed by atoms with van der Waals surface area (Å²) in [6.07, 6.45) is 4.07. The highest BCUT2D eigenvalue weighted by Crippen LogP contribution is 2.18. The number of hydrogen-bond acceptors (Lipinski definition) is 4. The van der Waals surface area contributed by atoms with Crippen LogP contribution in [0.3, 0.4) is 0 Å². The molecule has 2 N–H and O–H groups in total. The molecule has 0 atom stereocenters. The van der Waals surface area contributed by atoms with Gasteiger partial charge in [0.05, 0.1) is 6.54 Å². The maximum Gasteiger partial charge on any atom is 0.240 e. The lowest BCUT2D eigenvalue weighted by Gasteiger charge is -2.01. The van der Waals surface area contributed by atoms with Crippen LogP contribution in [0.5, 0.6) is 0 Å². The number of thiazole rings is 1. The number of carbonyl (C=O) groups excluding carboxylic acids is 1. The van der Waals surface area contributed by atoms with Crippen molar-refractivity contribution < 1.29 is 4.79 Å². The number of nitrogens with one attached hydrogen (secondary N) is 2. The number of rotatable bonds is 4. The maximum atomic E-state index is 11.2. The first-order valence-electron chi connectivity index (χ1n) is 4.27. The van der Waals surface area contributed by atoms with Crippen molar-refractivity contribution in [3.63, 3.8) is 0 Å². The molecule has 0 aliphatic heterocycles. The van der Waals surface area contributed by atoms with Crippen molar-refractivity contribution in [1.29, 1.82) is 0 Å². The van der Waals surface area contributed by atoms with Crippen LogP contribution in [0.25, 0.3) is 0 Å². The van der Waals surface area contributed by atoms with Crippen LogP contribution >= 0.6 is 11.3 Å². The standard InChI is InChI=1S/C8H11N3OS/c12-7(5-10-6-1-2-6)11-8-9-3-4-13-8/h3-4,6,10H,1-2,5H2,(H,9,11,12). The van der Waals surface area contributed by atoms with E-state index < -0.39 is 0 Å². The highest BCUT2D eigenvalue weighted by atomic mass is 32.1. The van der Waals surface area contributed by atoms with Gasteiger partial charge in [0.15, 0.2) is 5.13 Å². The molecule has 1 aromatic heterocycles. The molecule has 0 aromatic carbocycles. The molecule has 1 aromatic rings. The van der Waals surface area contributed by atoms with Crippen molar-refractivity contribution in [2.45, 2.75) is 18.9 Å². The lowest BCUT2D eigenvalue weighted by atomic mass is 10.5. The van der Waals surface area contributed by atoms with E-state index >= 15 is 0 Å². The average molecular weight is 197 g/mol. The molecule has 1 saturated carbocycles. The van der Waals surface area contributed by atoms with Gasteiger partial charge in [0.25, 0.3) is 0 Å². The van der Waals surface area contributed by atoms with Crippen LogP contribution in [-0.4, -0.2) is 23.5 Å². The first-order valence-corrected chi connectivity index (χ1v) is 5.15. The van der Waals surface area contributed by atoms with E-state index in [1.807, 2.05) is 5.38 Å². The summed E-state index contributed by atoms with van der Waals surface area (Å²) in [5.74, 6) is -0.0122. The molecule has 13 heavy (non-hydrogen) atoms. The van der Waals surface area contributed by atoms with Gasteiger partial charge in [0, 0.05) is 17.6 Å². The number of anilines is 1. The Morgan fingerprint density at radius 2 is 2.54 bits per heavy atom. The molecule has 2 rings (SSSR count). The molecule has 0 spiro atoms. The van der Waals surface area contributed by atoms with Crippen LogP contribution in [0.2, 0.25) is 0 Å². The molecule has 1 aliphatic carbocycles. The Morgan fingerprint density at radius 1 is 1.69 bits per heavy atom. The predicted octanol–water partition coefficient (Wildman–Crippen LogP) is 0.834. The van der Waals surface area contributed by atoms with E-state index in [0.717, 1.165) is 0 Å². The van der Waals surface area contributed by atoms with Crippen molar-refractivity contribution in [2.24, 2.45) is 0 Å². The topological polar surface area (TPSA) is 54.0 Å². The van der Waals surface area contributed by atoms with Crippen molar-refractivity contribution in [2.75, 3.05) is 11.9 Å². The molecule has 0 unspecified atom stereocenters. The van der Waals surface area contributed by atoms with Gasteiger partial charge in [0.2, 0.25) is 5.91 Å². The number of hydrogen-bond donors (Lipinski definition) is 2. The highest BCUT2D eigenvalue weighted by molar-refractivity contribution is 7.13. The van der Waals surface area contributed by atoms with E-state index in [9.17, 15) is 4.79 Å². The Morgan fingerprint density at radius 3 is 3.15 bits per heavy atom. The normalized spacial score (nSPS) is 15.7. The van der Waals surface area contributed by atoms with E-state index in [1.54, 1.807) is 6.20 Å². The fourth-order valence-electron chi connectivity index (χ4n) is 0.973. The van der Waals surface area contributed by atoms with Gasteiger partial charge in [0.1, 0.15) is 0 Å². The van der Waals surface area contributed by atoms with E-state index in [1.165, 1.54) is 24.2 Å². The van der Waals surface area contributed by atoms with Crippen LogP contribution < -0.4 is 10.6 Å². The summed E-state index contributed by atoms with van der Waals surface area (Å²) in [7, 11) is 0. The smallest absolute Gasteiger partial charge is 0.240 e. The second kappa shape index (κ2) is 3.85. The molecule has 1 amide bonds. The summed E-state index contributed by atoms with van der Waals surface area (Å²) in [6.45, 7) is 0.393. The summed E-state index contributed by atoms with van der Waals surface area (Å²) in [6, 6.07) is 0.571. The van der Waals surface area contributed by atoms with Crippen LogP contribution in [-0.2, 0) is 4.79 Å². The third-order valence-electron chi connectivity index (χ3n) is 1.81. The van der Waals surface area contributed by atoms with E-state index in [4.69, 9.17) is 0 Å². The van der Waals surface area contributed by atoms with Gasteiger partial charge in [-0.2, -0.15) is 0 Å². The van der Waals surface area contributed by atoms with E-state index in [2.05, 4.69) is 15.6 Å². The molecule has 5 heteroatoms. The summed E-state index contributed by atoms with van der Waals surface area (Å²) in [5.41, 5.74) is 0. The molecular formula is C8H11N3OS. The maximum absolute atomic E-state index is 11.2. The molecule has 1 aliphatic rings. The van der Waals surface area contributed by atoms with Crippen molar-refractivity contribution in [3.05, 3.63) is 11.6 Å². The molecule has 0 radical (unpaired) electrons. The third kappa shape index (κ3) is 2.78. The number of amides is 1. The Hall–Kier alpha value is -0.940. The minimum Gasteiger partial charge on any atom is -0.306 e. The van der Waals surface area contributed by atoms with Gasteiger partial charge in [-0.05, 0) is 12.8 Å². The molecule has 70 valence electrons. The third-order valence-corrected chi connectivity index (χ3v) is 2.50. The van der Waals surface area contributed by atoms with Crippen LogP contribution in [0.1, 0.15) is 12.8 Å². The monoisotopic (exact) mass is 197 g/mol. The van der Waals surface area contributed by atoms with Crippen LogP contribution in [0.4, 0.5) is 5.13 Å². The van der Waals surface area contributed by atoms with Gasteiger partial charge in [-0.25, -0.2) is 4.98 Å². The second-order valence-electron chi connectivity index (χ2n) is 3.04. The van der Waals surface area contributed by atoms with Gasteiger partial charge < -0.3 is 10.6 Å². The van der Waals surface area contributed by atoms with Crippen LogP contribution in [0, 0.1) is 0 Å². The molecule has 0 bridgehead atoms. The van der Waals surface area contributed by atoms with Crippen molar-refractivity contribution in [3.8, 4) is 0 Å². The van der Waals surface area contributed by atoms with Gasteiger partial charge in [-0.1, -0.05) is 0 Å².